The monoisotopic (exact) mass is 267 g/mol. The second kappa shape index (κ2) is 4.94. The third-order valence-corrected chi connectivity index (χ3v) is 2.59. The van der Waals surface area contributed by atoms with Crippen LogP contribution >= 0.6 is 0 Å². The van der Waals surface area contributed by atoms with E-state index < -0.39 is 34.5 Å². The summed E-state index contributed by atoms with van der Waals surface area (Å²) < 4.78 is 75.8. The van der Waals surface area contributed by atoms with Crippen LogP contribution in [0.4, 0.5) is 26.3 Å². The van der Waals surface area contributed by atoms with E-state index in [1.54, 1.807) is 6.92 Å². The molecule has 0 fully saturated rings. The van der Waals surface area contributed by atoms with Gasteiger partial charge in [0, 0.05) is 0 Å². The fourth-order valence-corrected chi connectivity index (χ4v) is 1.79. The van der Waals surface area contributed by atoms with Gasteiger partial charge in [-0.3, -0.25) is 0 Å². The Kier molecular flexibility index (Phi) is 4.13. The minimum absolute atomic E-state index is 0.104. The van der Waals surface area contributed by atoms with E-state index in [0.29, 0.717) is 18.9 Å². The molecule has 0 aromatic carbocycles. The maximum absolute atomic E-state index is 12.7. The van der Waals surface area contributed by atoms with E-state index in [1.807, 2.05) is 0 Å². The Hall–Kier alpha value is -1.01. The van der Waals surface area contributed by atoms with Crippen LogP contribution in [0.1, 0.15) is 26.2 Å². The van der Waals surface area contributed by atoms with Crippen LogP contribution in [0, 0.1) is 0 Å². The van der Waals surface area contributed by atoms with E-state index in [4.69, 9.17) is 7.49 Å². The Morgan fingerprint density at radius 3 is 2.00 bits per heavy atom. The quantitative estimate of drug-likeness (QED) is 0.537. The van der Waals surface area contributed by atoms with Gasteiger partial charge in [-0.1, -0.05) is 0 Å². The molecule has 0 aliphatic heterocycles. The van der Waals surface area contributed by atoms with Crippen molar-refractivity contribution in [1.82, 2.24) is 0 Å². The Morgan fingerprint density at radius 1 is 1.06 bits per heavy atom. The number of hydrogen-bond donors (Lipinski definition) is 0. The van der Waals surface area contributed by atoms with Crippen molar-refractivity contribution in [3.05, 3.63) is 22.8 Å². The summed E-state index contributed by atoms with van der Waals surface area (Å²) in [6, 6.07) is 0. The van der Waals surface area contributed by atoms with Gasteiger partial charge in [-0.15, -0.1) is 0 Å². The average Bonchev–Trinajstić information content (AvgIpc) is 2.51. The van der Waals surface area contributed by atoms with Crippen molar-refractivity contribution in [2.75, 3.05) is 0 Å². The molecule has 1 aliphatic rings. The topological polar surface area (TPSA) is 0 Å². The molecule has 0 aromatic rings. The summed E-state index contributed by atoms with van der Waals surface area (Å²) in [6.45, 7) is 1.73. The zero-order chi connectivity index (χ0) is 14.1. The van der Waals surface area contributed by atoms with Crippen molar-refractivity contribution in [2.24, 2.45) is 0 Å². The van der Waals surface area contributed by atoms with E-state index in [-0.39, 0.29) is 6.42 Å². The molecule has 0 amide bonds. The molecule has 0 spiro atoms. The van der Waals surface area contributed by atoms with E-state index in [9.17, 15) is 26.3 Å². The van der Waals surface area contributed by atoms with Crippen LogP contribution in [0.25, 0.3) is 0 Å². The molecule has 18 heavy (non-hydrogen) atoms. The molecule has 0 atom stereocenters. The predicted octanol–water partition coefficient (Wildman–Crippen LogP) is 3.88. The van der Waals surface area contributed by atoms with Crippen LogP contribution in [0.15, 0.2) is 22.8 Å². The number of halogens is 6. The Labute approximate surface area is 101 Å². The standard InChI is InChI=1S/C11H10BF6/c1-2-3-4-6-8(12)5-7(10(13,14)15)9(6)11(16,17)18/h5H,2-4H2,1H3. The first-order chi connectivity index (χ1) is 8.09. The average molecular weight is 267 g/mol. The van der Waals surface area contributed by atoms with Gasteiger partial charge < -0.3 is 0 Å². The first-order valence-electron chi connectivity index (χ1n) is 5.31. The van der Waals surface area contributed by atoms with Crippen molar-refractivity contribution in [2.45, 2.75) is 38.5 Å². The summed E-state index contributed by atoms with van der Waals surface area (Å²) in [6.07, 6.45) is -8.91. The Bertz CT molecular complexity index is 410. The molecule has 1 rings (SSSR count). The van der Waals surface area contributed by atoms with Gasteiger partial charge in [0.05, 0.1) is 0 Å². The first kappa shape index (κ1) is 15.1. The van der Waals surface area contributed by atoms with Crippen LogP contribution in [-0.2, 0) is 0 Å². The molecule has 0 unspecified atom stereocenters. The molecule has 0 saturated heterocycles. The van der Waals surface area contributed by atoms with Gasteiger partial charge in [0.15, 0.2) is 0 Å². The van der Waals surface area contributed by atoms with E-state index in [1.165, 1.54) is 0 Å². The molecule has 0 heterocycles. The number of rotatable bonds is 3. The molecular weight excluding hydrogens is 257 g/mol. The maximum atomic E-state index is 12.7. The second-order valence-electron chi connectivity index (χ2n) is 3.97. The molecule has 1 radical (unpaired) electrons. The summed E-state index contributed by atoms with van der Waals surface area (Å²) in [5.41, 5.74) is -4.22. The molecule has 99 valence electrons. The van der Waals surface area contributed by atoms with Gasteiger partial charge in [-0.25, -0.2) is 0 Å². The third-order valence-electron chi connectivity index (χ3n) is 2.59. The molecule has 0 N–H and O–H groups in total. The van der Waals surface area contributed by atoms with Crippen LogP contribution in [0.2, 0.25) is 0 Å². The first-order valence-corrected chi connectivity index (χ1v) is 5.31. The predicted molar refractivity (Wildman–Crippen MR) is 57.5 cm³/mol. The second-order valence-corrected chi connectivity index (χ2v) is 3.97. The van der Waals surface area contributed by atoms with Crippen molar-refractivity contribution < 1.29 is 26.3 Å². The van der Waals surface area contributed by atoms with Gasteiger partial charge in [-0.05, 0) is 0 Å². The fourth-order valence-electron chi connectivity index (χ4n) is 1.79. The molecule has 1 aliphatic carbocycles. The Balaban J connectivity index is 3.28. The molecule has 0 saturated carbocycles. The zero-order valence-corrected chi connectivity index (χ0v) is 9.54. The third kappa shape index (κ3) is 3.06. The van der Waals surface area contributed by atoms with E-state index in [0.717, 1.165) is 0 Å². The van der Waals surface area contributed by atoms with Crippen molar-refractivity contribution >= 4 is 13.0 Å². The van der Waals surface area contributed by atoms with Gasteiger partial charge >= 0.3 is 101 Å². The van der Waals surface area contributed by atoms with Gasteiger partial charge in [0.25, 0.3) is 0 Å². The SMILES string of the molecule is [B]=C1C=C(C(F)(F)F)C(C(F)(F)F)=C1CCCC. The molecule has 0 aromatic heterocycles. The van der Waals surface area contributed by atoms with Crippen molar-refractivity contribution in [3.63, 3.8) is 0 Å². The summed E-state index contributed by atoms with van der Waals surface area (Å²) in [7, 11) is 5.28. The number of allylic oxidation sites excluding steroid dienone is 4. The Morgan fingerprint density at radius 2 is 1.61 bits per heavy atom. The van der Waals surface area contributed by atoms with Crippen molar-refractivity contribution in [3.8, 4) is 0 Å². The summed E-state index contributed by atoms with van der Waals surface area (Å²) >= 11 is 0. The fraction of sp³-hybridized carbons (Fsp3) is 0.545. The van der Waals surface area contributed by atoms with Crippen LogP contribution in [-0.4, -0.2) is 25.3 Å². The molecule has 0 nitrogen and oxygen atoms in total. The molecular formula is C11H10BF6. The van der Waals surface area contributed by atoms with Crippen LogP contribution in [0.3, 0.4) is 0 Å². The van der Waals surface area contributed by atoms with Crippen LogP contribution in [0.5, 0.6) is 0 Å². The minimum atomic E-state index is -5.05. The molecule has 7 heteroatoms. The zero-order valence-electron chi connectivity index (χ0n) is 9.54. The number of hydrogen-bond acceptors (Lipinski definition) is 0. The summed E-state index contributed by atoms with van der Waals surface area (Å²) in [5, 5.41) is 0. The summed E-state index contributed by atoms with van der Waals surface area (Å²) in [5.74, 6) is 0. The van der Waals surface area contributed by atoms with Gasteiger partial charge in [0.1, 0.15) is 0 Å². The van der Waals surface area contributed by atoms with Gasteiger partial charge in [0.2, 0.25) is 0 Å². The van der Waals surface area contributed by atoms with E-state index >= 15 is 0 Å². The number of alkyl halides is 6. The van der Waals surface area contributed by atoms with E-state index in [2.05, 4.69) is 0 Å². The van der Waals surface area contributed by atoms with Crippen molar-refractivity contribution in [1.29, 1.82) is 0 Å². The normalized spacial score (nSPS) is 17.4. The summed E-state index contributed by atoms with van der Waals surface area (Å²) in [4.78, 5) is 0. The number of unbranched alkanes of at least 4 members (excludes halogenated alkanes) is 1. The van der Waals surface area contributed by atoms with Crippen LogP contribution < -0.4 is 0 Å². The molecule has 0 bridgehead atoms. The van der Waals surface area contributed by atoms with Gasteiger partial charge in [-0.2, -0.15) is 0 Å².